The fraction of sp³-hybridized carbons (Fsp3) is 0.316. The summed E-state index contributed by atoms with van der Waals surface area (Å²) >= 11 is 0. The SMILES string of the molecule is Cc1cccc(C(=O)NO)c1CNS(=O)(=O)c1ccc(OCCCCN)cc1. The van der Waals surface area contributed by atoms with Crippen molar-refractivity contribution in [2.75, 3.05) is 13.2 Å². The molecule has 9 heteroatoms. The quantitative estimate of drug-likeness (QED) is 0.269. The van der Waals surface area contributed by atoms with E-state index in [1.54, 1.807) is 36.7 Å². The average Bonchev–Trinajstić information content (AvgIpc) is 2.70. The topological polar surface area (TPSA) is 131 Å². The minimum atomic E-state index is -3.79. The van der Waals surface area contributed by atoms with Crippen LogP contribution in [0.5, 0.6) is 5.75 Å². The molecule has 2 aromatic rings. The Morgan fingerprint density at radius 2 is 1.86 bits per heavy atom. The number of ether oxygens (including phenoxy) is 1. The third-order valence-electron chi connectivity index (χ3n) is 4.20. The van der Waals surface area contributed by atoms with Crippen LogP contribution in [0.4, 0.5) is 0 Å². The second-order valence-electron chi connectivity index (χ2n) is 6.18. The number of unbranched alkanes of at least 4 members (excludes halogenated alkanes) is 1. The molecular weight excluding hydrogens is 382 g/mol. The molecule has 0 aliphatic heterocycles. The maximum Gasteiger partial charge on any atom is 0.274 e. The van der Waals surface area contributed by atoms with Gasteiger partial charge in [0.25, 0.3) is 5.91 Å². The van der Waals surface area contributed by atoms with Crippen molar-refractivity contribution in [2.24, 2.45) is 5.73 Å². The Labute approximate surface area is 164 Å². The molecule has 0 spiro atoms. The normalized spacial score (nSPS) is 11.2. The van der Waals surface area contributed by atoms with Crippen LogP contribution >= 0.6 is 0 Å². The van der Waals surface area contributed by atoms with E-state index in [4.69, 9.17) is 15.7 Å². The molecule has 28 heavy (non-hydrogen) atoms. The van der Waals surface area contributed by atoms with Crippen molar-refractivity contribution >= 4 is 15.9 Å². The summed E-state index contributed by atoms with van der Waals surface area (Å²) in [5.41, 5.74) is 8.41. The van der Waals surface area contributed by atoms with Crippen LogP contribution in [-0.2, 0) is 16.6 Å². The summed E-state index contributed by atoms with van der Waals surface area (Å²) in [5, 5.41) is 8.87. The molecule has 0 saturated carbocycles. The highest BCUT2D eigenvalue weighted by Crippen LogP contribution is 2.18. The van der Waals surface area contributed by atoms with Crippen molar-refractivity contribution < 1.29 is 23.2 Å². The Morgan fingerprint density at radius 1 is 1.14 bits per heavy atom. The second kappa shape index (κ2) is 10.2. The molecular formula is C19H25N3O5S. The first-order chi connectivity index (χ1) is 13.4. The minimum Gasteiger partial charge on any atom is -0.494 e. The minimum absolute atomic E-state index is 0.0866. The van der Waals surface area contributed by atoms with Gasteiger partial charge in [-0.15, -0.1) is 0 Å². The Kier molecular flexibility index (Phi) is 7.94. The number of hydrogen-bond acceptors (Lipinski definition) is 6. The third kappa shape index (κ3) is 5.77. The molecule has 2 rings (SSSR count). The third-order valence-corrected chi connectivity index (χ3v) is 5.61. The second-order valence-corrected chi connectivity index (χ2v) is 7.95. The van der Waals surface area contributed by atoms with Gasteiger partial charge < -0.3 is 10.5 Å². The first-order valence-electron chi connectivity index (χ1n) is 8.84. The molecule has 0 unspecified atom stereocenters. The van der Waals surface area contributed by atoms with Gasteiger partial charge in [0, 0.05) is 12.1 Å². The van der Waals surface area contributed by atoms with E-state index in [9.17, 15) is 13.2 Å². The van der Waals surface area contributed by atoms with Gasteiger partial charge in [0.15, 0.2) is 0 Å². The molecule has 0 aliphatic carbocycles. The molecule has 0 aromatic heterocycles. The molecule has 0 radical (unpaired) electrons. The van der Waals surface area contributed by atoms with Gasteiger partial charge in [-0.3, -0.25) is 10.0 Å². The lowest BCUT2D eigenvalue weighted by Gasteiger charge is -2.13. The fourth-order valence-corrected chi connectivity index (χ4v) is 3.61. The van der Waals surface area contributed by atoms with Gasteiger partial charge in [0.05, 0.1) is 11.5 Å². The summed E-state index contributed by atoms with van der Waals surface area (Å²) in [6.45, 7) is 2.79. The number of benzene rings is 2. The molecule has 2 aromatic carbocycles. The highest BCUT2D eigenvalue weighted by molar-refractivity contribution is 7.89. The van der Waals surface area contributed by atoms with Crippen LogP contribution in [0, 0.1) is 6.92 Å². The molecule has 0 bridgehead atoms. The smallest absolute Gasteiger partial charge is 0.274 e. The largest absolute Gasteiger partial charge is 0.494 e. The van der Waals surface area contributed by atoms with E-state index in [2.05, 4.69) is 4.72 Å². The van der Waals surface area contributed by atoms with Crippen molar-refractivity contribution in [1.29, 1.82) is 0 Å². The van der Waals surface area contributed by atoms with Gasteiger partial charge in [-0.2, -0.15) is 0 Å². The number of carbonyl (C=O) groups is 1. The highest BCUT2D eigenvalue weighted by atomic mass is 32.2. The van der Waals surface area contributed by atoms with Crippen LogP contribution in [0.3, 0.4) is 0 Å². The van der Waals surface area contributed by atoms with Crippen molar-refractivity contribution in [3.05, 3.63) is 59.2 Å². The predicted octanol–water partition coefficient (Wildman–Crippen LogP) is 1.71. The number of aryl methyl sites for hydroxylation is 1. The van der Waals surface area contributed by atoms with E-state index in [0.29, 0.717) is 24.5 Å². The Balaban J connectivity index is 2.07. The molecule has 0 saturated heterocycles. The highest BCUT2D eigenvalue weighted by Gasteiger charge is 2.18. The maximum absolute atomic E-state index is 12.6. The van der Waals surface area contributed by atoms with Crippen molar-refractivity contribution in [2.45, 2.75) is 31.2 Å². The van der Waals surface area contributed by atoms with E-state index >= 15 is 0 Å². The molecule has 8 nitrogen and oxygen atoms in total. The van der Waals surface area contributed by atoms with E-state index in [0.717, 1.165) is 18.4 Å². The van der Waals surface area contributed by atoms with Gasteiger partial charge in [0.1, 0.15) is 5.75 Å². The number of hydrogen-bond donors (Lipinski definition) is 4. The lowest BCUT2D eigenvalue weighted by atomic mass is 10.0. The first-order valence-corrected chi connectivity index (χ1v) is 10.3. The molecule has 0 aliphatic rings. The van der Waals surface area contributed by atoms with Gasteiger partial charge in [-0.25, -0.2) is 18.6 Å². The number of sulfonamides is 1. The number of nitrogens with two attached hydrogens (primary N) is 1. The first kappa shape index (κ1) is 21.8. The lowest BCUT2D eigenvalue weighted by Crippen LogP contribution is -2.27. The Morgan fingerprint density at radius 3 is 2.50 bits per heavy atom. The zero-order valence-corrected chi connectivity index (χ0v) is 16.5. The van der Waals surface area contributed by atoms with Crippen molar-refractivity contribution in [3.8, 4) is 5.75 Å². The summed E-state index contributed by atoms with van der Waals surface area (Å²) in [5.74, 6) is -0.120. The zero-order chi connectivity index (χ0) is 20.6. The molecule has 152 valence electrons. The monoisotopic (exact) mass is 407 g/mol. The van der Waals surface area contributed by atoms with E-state index in [1.807, 2.05) is 0 Å². The summed E-state index contributed by atoms with van der Waals surface area (Å²) < 4.78 is 33.1. The van der Waals surface area contributed by atoms with E-state index in [-0.39, 0.29) is 17.0 Å². The van der Waals surface area contributed by atoms with Gasteiger partial charge in [-0.05, 0) is 67.8 Å². The van der Waals surface area contributed by atoms with E-state index < -0.39 is 15.9 Å². The molecule has 5 N–H and O–H groups in total. The maximum atomic E-state index is 12.6. The zero-order valence-electron chi connectivity index (χ0n) is 15.6. The number of amides is 1. The van der Waals surface area contributed by atoms with Crippen LogP contribution in [0.1, 0.15) is 34.3 Å². The Hall–Kier alpha value is -2.46. The molecule has 0 heterocycles. The molecule has 1 amide bonds. The van der Waals surface area contributed by atoms with Gasteiger partial charge >= 0.3 is 0 Å². The molecule has 0 atom stereocenters. The number of rotatable bonds is 10. The summed E-state index contributed by atoms with van der Waals surface area (Å²) in [6, 6.07) is 11.0. The average molecular weight is 407 g/mol. The van der Waals surface area contributed by atoms with Crippen LogP contribution in [-0.4, -0.2) is 32.7 Å². The number of hydroxylamine groups is 1. The summed E-state index contributed by atoms with van der Waals surface area (Å²) in [7, 11) is -3.79. The van der Waals surface area contributed by atoms with Crippen LogP contribution in [0.25, 0.3) is 0 Å². The van der Waals surface area contributed by atoms with Crippen molar-refractivity contribution in [1.82, 2.24) is 10.2 Å². The predicted molar refractivity (Wildman–Crippen MR) is 105 cm³/mol. The van der Waals surface area contributed by atoms with Crippen molar-refractivity contribution in [3.63, 3.8) is 0 Å². The summed E-state index contributed by atoms with van der Waals surface area (Å²) in [4.78, 5) is 11.9. The van der Waals surface area contributed by atoms with Crippen LogP contribution in [0.2, 0.25) is 0 Å². The number of nitrogens with one attached hydrogen (secondary N) is 2. The van der Waals surface area contributed by atoms with Crippen LogP contribution in [0.15, 0.2) is 47.4 Å². The molecule has 0 fully saturated rings. The number of carbonyl (C=O) groups excluding carboxylic acids is 1. The fourth-order valence-electron chi connectivity index (χ4n) is 2.61. The standard InChI is InChI=1S/C19H25N3O5S/c1-14-5-4-6-17(19(23)22-24)18(14)13-21-28(25,26)16-9-7-15(8-10-16)27-12-3-2-11-20/h4-10,21,24H,2-3,11-13,20H2,1H3,(H,22,23). The van der Waals surface area contributed by atoms with Gasteiger partial charge in [0.2, 0.25) is 10.0 Å². The lowest BCUT2D eigenvalue weighted by molar-refractivity contribution is 0.0705. The summed E-state index contributed by atoms with van der Waals surface area (Å²) in [6.07, 6.45) is 1.70. The Bertz CT molecular complexity index is 898. The van der Waals surface area contributed by atoms with E-state index in [1.165, 1.54) is 18.2 Å². The van der Waals surface area contributed by atoms with Gasteiger partial charge in [-0.1, -0.05) is 12.1 Å². The van der Waals surface area contributed by atoms with Crippen LogP contribution < -0.4 is 20.7 Å².